The summed E-state index contributed by atoms with van der Waals surface area (Å²) < 4.78 is 43.8. The average molecular weight is 420 g/mol. The second-order valence-electron chi connectivity index (χ2n) is 6.42. The summed E-state index contributed by atoms with van der Waals surface area (Å²) in [5.41, 5.74) is 2.20. The molecular formula is C22H17ClF3NO2. The third-order valence-electron chi connectivity index (χ3n) is 4.18. The van der Waals surface area contributed by atoms with E-state index in [0.29, 0.717) is 5.75 Å². The number of nitrogens with one attached hydrogen (secondary N) is 1. The van der Waals surface area contributed by atoms with E-state index < -0.39 is 17.6 Å². The molecular weight excluding hydrogens is 403 g/mol. The summed E-state index contributed by atoms with van der Waals surface area (Å²) in [7, 11) is 0. The largest absolute Gasteiger partial charge is 0.484 e. The molecule has 0 radical (unpaired) electrons. The molecule has 0 aliphatic heterocycles. The van der Waals surface area contributed by atoms with Crippen molar-refractivity contribution in [3.05, 3.63) is 82.9 Å². The summed E-state index contributed by atoms with van der Waals surface area (Å²) in [6.45, 7) is 1.65. The van der Waals surface area contributed by atoms with Crippen LogP contribution in [-0.2, 0) is 11.0 Å². The molecule has 3 aromatic rings. The Hall–Kier alpha value is -2.99. The number of halogens is 4. The third-order valence-corrected chi connectivity index (χ3v) is 4.51. The summed E-state index contributed by atoms with van der Waals surface area (Å²) in [6.07, 6.45) is -4.53. The lowest BCUT2D eigenvalue weighted by Crippen LogP contribution is -2.20. The van der Waals surface area contributed by atoms with Gasteiger partial charge in [-0.05, 0) is 48.4 Å². The van der Waals surface area contributed by atoms with Crippen LogP contribution in [0.3, 0.4) is 0 Å². The molecule has 0 atom stereocenters. The molecule has 150 valence electrons. The SMILES string of the molecule is Cc1ccc(-c2ccc(OCC(=O)Nc3cc(C(F)(F)F)ccc3Cl)cc2)cc1. The first-order chi connectivity index (χ1) is 13.7. The van der Waals surface area contributed by atoms with E-state index in [-0.39, 0.29) is 17.3 Å². The summed E-state index contributed by atoms with van der Waals surface area (Å²) in [5.74, 6) is -0.153. The van der Waals surface area contributed by atoms with Gasteiger partial charge in [0, 0.05) is 0 Å². The summed E-state index contributed by atoms with van der Waals surface area (Å²) in [5, 5.41) is 2.35. The lowest BCUT2D eigenvalue weighted by molar-refractivity contribution is -0.137. The van der Waals surface area contributed by atoms with Crippen LogP contribution in [0.4, 0.5) is 18.9 Å². The fraction of sp³-hybridized carbons (Fsp3) is 0.136. The van der Waals surface area contributed by atoms with Crippen molar-refractivity contribution in [3.8, 4) is 16.9 Å². The number of alkyl halides is 3. The molecule has 3 nitrogen and oxygen atoms in total. The maximum absolute atomic E-state index is 12.8. The van der Waals surface area contributed by atoms with Gasteiger partial charge >= 0.3 is 6.18 Å². The van der Waals surface area contributed by atoms with E-state index in [1.165, 1.54) is 5.56 Å². The van der Waals surface area contributed by atoms with Gasteiger partial charge in [-0.15, -0.1) is 0 Å². The molecule has 0 aliphatic rings. The third kappa shape index (κ3) is 5.51. The maximum Gasteiger partial charge on any atom is 0.416 e. The lowest BCUT2D eigenvalue weighted by Gasteiger charge is -2.12. The topological polar surface area (TPSA) is 38.3 Å². The van der Waals surface area contributed by atoms with Crippen molar-refractivity contribution in [2.75, 3.05) is 11.9 Å². The quantitative estimate of drug-likeness (QED) is 0.523. The van der Waals surface area contributed by atoms with Crippen LogP contribution in [-0.4, -0.2) is 12.5 Å². The molecule has 29 heavy (non-hydrogen) atoms. The molecule has 0 bridgehead atoms. The molecule has 7 heteroatoms. The molecule has 3 rings (SSSR count). The Kier molecular flexibility index (Phi) is 6.13. The van der Waals surface area contributed by atoms with E-state index >= 15 is 0 Å². The minimum Gasteiger partial charge on any atom is -0.484 e. The Balaban J connectivity index is 1.60. The van der Waals surface area contributed by atoms with Gasteiger partial charge in [-0.1, -0.05) is 53.6 Å². The monoisotopic (exact) mass is 419 g/mol. The number of benzene rings is 3. The van der Waals surface area contributed by atoms with E-state index in [1.54, 1.807) is 12.1 Å². The first-order valence-electron chi connectivity index (χ1n) is 8.69. The Bertz CT molecular complexity index is 1000. The number of aryl methyl sites for hydroxylation is 1. The highest BCUT2D eigenvalue weighted by Gasteiger charge is 2.31. The summed E-state index contributed by atoms with van der Waals surface area (Å²) in [6, 6.07) is 18.0. The van der Waals surface area contributed by atoms with Crippen LogP contribution in [0.1, 0.15) is 11.1 Å². The molecule has 0 aromatic heterocycles. The van der Waals surface area contributed by atoms with Crippen LogP contribution in [0, 0.1) is 6.92 Å². The molecule has 0 spiro atoms. The van der Waals surface area contributed by atoms with Gasteiger partial charge in [0.25, 0.3) is 5.91 Å². The Morgan fingerprint density at radius 2 is 1.55 bits per heavy atom. The standard InChI is InChI=1S/C22H17ClF3NO2/c1-14-2-4-15(5-3-14)16-6-9-18(10-7-16)29-13-21(28)27-20-12-17(22(24,25)26)8-11-19(20)23/h2-12H,13H2,1H3,(H,27,28). The molecule has 0 saturated carbocycles. The fourth-order valence-electron chi connectivity index (χ4n) is 2.62. The fourth-order valence-corrected chi connectivity index (χ4v) is 2.79. The summed E-state index contributed by atoms with van der Waals surface area (Å²) in [4.78, 5) is 12.0. The Labute approximate surface area is 171 Å². The summed E-state index contributed by atoms with van der Waals surface area (Å²) >= 11 is 5.87. The average Bonchev–Trinajstić information content (AvgIpc) is 2.68. The van der Waals surface area contributed by atoms with Crippen molar-refractivity contribution in [1.29, 1.82) is 0 Å². The van der Waals surface area contributed by atoms with Gasteiger partial charge in [0.05, 0.1) is 16.3 Å². The molecule has 0 heterocycles. The minimum absolute atomic E-state index is 0.00815. The smallest absolute Gasteiger partial charge is 0.416 e. The van der Waals surface area contributed by atoms with Crippen molar-refractivity contribution in [1.82, 2.24) is 0 Å². The molecule has 1 amide bonds. The predicted octanol–water partition coefficient (Wildman–Crippen LogP) is 6.35. The highest BCUT2D eigenvalue weighted by Crippen LogP contribution is 2.33. The minimum atomic E-state index is -4.53. The van der Waals surface area contributed by atoms with E-state index in [0.717, 1.165) is 29.3 Å². The van der Waals surface area contributed by atoms with Gasteiger partial charge in [0.15, 0.2) is 6.61 Å². The van der Waals surface area contributed by atoms with Crippen molar-refractivity contribution < 1.29 is 22.7 Å². The highest BCUT2D eigenvalue weighted by molar-refractivity contribution is 6.33. The first-order valence-corrected chi connectivity index (χ1v) is 9.07. The van der Waals surface area contributed by atoms with Crippen LogP contribution in [0.5, 0.6) is 5.75 Å². The van der Waals surface area contributed by atoms with Crippen molar-refractivity contribution in [2.45, 2.75) is 13.1 Å². The highest BCUT2D eigenvalue weighted by atomic mass is 35.5. The number of amides is 1. The second kappa shape index (κ2) is 8.57. The maximum atomic E-state index is 12.8. The molecule has 3 aromatic carbocycles. The number of ether oxygens (including phenoxy) is 1. The van der Waals surface area contributed by atoms with Gasteiger partial charge < -0.3 is 10.1 Å². The number of carbonyl (C=O) groups excluding carboxylic acids is 1. The Morgan fingerprint density at radius 3 is 2.14 bits per heavy atom. The second-order valence-corrected chi connectivity index (χ2v) is 6.83. The number of carbonyl (C=O) groups is 1. The van der Waals surface area contributed by atoms with Crippen LogP contribution < -0.4 is 10.1 Å². The van der Waals surface area contributed by atoms with Gasteiger partial charge in [-0.25, -0.2) is 0 Å². The van der Waals surface area contributed by atoms with E-state index in [4.69, 9.17) is 16.3 Å². The number of hydrogen-bond acceptors (Lipinski definition) is 2. The number of hydrogen-bond donors (Lipinski definition) is 1. The van der Waals surface area contributed by atoms with Crippen LogP contribution in [0.25, 0.3) is 11.1 Å². The molecule has 0 fully saturated rings. The molecule has 0 aliphatic carbocycles. The zero-order chi connectivity index (χ0) is 21.0. The molecule has 0 saturated heterocycles. The number of rotatable bonds is 5. The van der Waals surface area contributed by atoms with Crippen LogP contribution >= 0.6 is 11.6 Å². The van der Waals surface area contributed by atoms with Crippen molar-refractivity contribution in [3.63, 3.8) is 0 Å². The predicted molar refractivity (Wildman–Crippen MR) is 107 cm³/mol. The van der Waals surface area contributed by atoms with Gasteiger partial charge in [0.2, 0.25) is 0 Å². The van der Waals surface area contributed by atoms with E-state index in [9.17, 15) is 18.0 Å². The normalized spacial score (nSPS) is 11.2. The number of anilines is 1. The molecule has 1 N–H and O–H groups in total. The first kappa shape index (κ1) is 20.7. The van der Waals surface area contributed by atoms with Crippen molar-refractivity contribution >= 4 is 23.2 Å². The van der Waals surface area contributed by atoms with Gasteiger partial charge in [-0.2, -0.15) is 13.2 Å². The van der Waals surface area contributed by atoms with Crippen LogP contribution in [0.2, 0.25) is 5.02 Å². The van der Waals surface area contributed by atoms with Gasteiger partial charge in [-0.3, -0.25) is 4.79 Å². The lowest BCUT2D eigenvalue weighted by atomic mass is 10.0. The van der Waals surface area contributed by atoms with E-state index in [1.807, 2.05) is 43.3 Å². The Morgan fingerprint density at radius 1 is 0.966 bits per heavy atom. The zero-order valence-corrected chi connectivity index (χ0v) is 16.1. The molecule has 0 unspecified atom stereocenters. The van der Waals surface area contributed by atoms with Gasteiger partial charge in [0.1, 0.15) is 5.75 Å². The van der Waals surface area contributed by atoms with Crippen LogP contribution in [0.15, 0.2) is 66.7 Å². The van der Waals surface area contributed by atoms with Crippen molar-refractivity contribution in [2.24, 2.45) is 0 Å². The van der Waals surface area contributed by atoms with E-state index in [2.05, 4.69) is 5.32 Å². The zero-order valence-electron chi connectivity index (χ0n) is 15.4.